The minimum absolute atomic E-state index is 0.00782. The van der Waals surface area contributed by atoms with E-state index in [1.54, 1.807) is 48.5 Å². The molecule has 12 N–H and O–H groups in total. The molecule has 5 amide bonds. The average Bonchev–Trinajstić information content (AvgIpc) is 0.781. The molecule has 0 aliphatic carbocycles. The molecule has 7 rings (SSSR count). The summed E-state index contributed by atoms with van der Waals surface area (Å²) < 4.78 is 23.3. The Labute approximate surface area is 561 Å². The summed E-state index contributed by atoms with van der Waals surface area (Å²) in [6, 6.07) is 33.2. The quantitative estimate of drug-likeness (QED) is 0.00900. The summed E-state index contributed by atoms with van der Waals surface area (Å²) in [4.78, 5) is 113. The summed E-state index contributed by atoms with van der Waals surface area (Å²) in [5.74, 6) is -8.25. The number of rotatable bonds is 36. The first kappa shape index (κ1) is 75.3. The van der Waals surface area contributed by atoms with Crippen molar-refractivity contribution in [3.8, 4) is 22.3 Å². The minimum Gasteiger partial charge on any atom is -0.477 e. The van der Waals surface area contributed by atoms with E-state index in [4.69, 9.17) is 18.9 Å². The van der Waals surface area contributed by atoms with E-state index in [1.165, 1.54) is 42.6 Å². The zero-order valence-electron chi connectivity index (χ0n) is 52.7. The van der Waals surface area contributed by atoms with Crippen molar-refractivity contribution in [3.05, 3.63) is 160 Å². The first-order valence-corrected chi connectivity index (χ1v) is 33.3. The number of Topliss-reactive ketones (excluding diaryl/α,β-unsaturated/α-hetero) is 1. The first-order chi connectivity index (χ1) is 45.9. The van der Waals surface area contributed by atoms with Crippen molar-refractivity contribution in [2.24, 2.45) is 0 Å². The second-order valence-corrected chi connectivity index (χ2v) is 25.4. The smallest absolute Gasteiger partial charge is 0.364 e. The molecular formula is C67H80N6O21S2. The first-order valence-electron chi connectivity index (χ1n) is 31.0. The Bertz CT molecular complexity index is 3450. The molecule has 2 fully saturated rings. The molecule has 0 saturated carbocycles. The molecule has 2 aliphatic heterocycles. The van der Waals surface area contributed by atoms with Crippen LogP contribution in [0.2, 0.25) is 0 Å². The van der Waals surface area contributed by atoms with E-state index >= 15 is 0 Å². The van der Waals surface area contributed by atoms with Crippen molar-refractivity contribution in [1.29, 1.82) is 0 Å². The minimum atomic E-state index is -2.52. The summed E-state index contributed by atoms with van der Waals surface area (Å²) in [6.07, 6.45) is -13.6. The van der Waals surface area contributed by atoms with Crippen molar-refractivity contribution in [3.63, 3.8) is 0 Å². The van der Waals surface area contributed by atoms with Gasteiger partial charge in [-0.3, -0.25) is 43.7 Å². The molecule has 0 spiro atoms. The molecule has 0 bridgehead atoms. The normalized spacial score (nSPS) is 22.0. The molecule has 2 heterocycles. The lowest BCUT2D eigenvalue weighted by molar-refractivity contribution is -0.385. The van der Waals surface area contributed by atoms with Gasteiger partial charge in [-0.1, -0.05) is 91.0 Å². The highest BCUT2D eigenvalue weighted by Crippen LogP contribution is 2.35. The van der Waals surface area contributed by atoms with Gasteiger partial charge in [0.15, 0.2) is 12.1 Å². The number of aliphatic hydroxyl groups excluding tert-OH is 6. The lowest BCUT2D eigenvalue weighted by atomic mass is 9.88. The molecule has 5 aromatic carbocycles. The Morgan fingerprint density at radius 2 is 1.06 bits per heavy atom. The number of aldehydes is 1. The Kier molecular flexibility index (Phi) is 28.5. The predicted octanol–water partition coefficient (Wildman–Crippen LogP) is 3.19. The van der Waals surface area contributed by atoms with Crippen molar-refractivity contribution < 1.29 is 98.0 Å². The lowest BCUT2D eigenvalue weighted by Crippen LogP contribution is -2.68. The van der Waals surface area contributed by atoms with Crippen LogP contribution in [0, 0.1) is 10.1 Å². The van der Waals surface area contributed by atoms with Crippen LogP contribution in [0.1, 0.15) is 93.8 Å². The molecule has 0 radical (unpaired) electrons. The SMILES string of the molecule is CC(=O)N[C@H]1[C@H]([C@H](O)[C@H](O)CNC(=O)c2ccc(-c3ccccc3)cc2)O[C@](C=O)(OCCCSCCNC(=O)c2ccc(C(=O)CCCSCCCO[C@]3(C(=O)O)C[C@H](O)[C@@H](NC(C)=O)[C@H]([C@H](O)[C@H](O)CNC(=O)c4ccc(-c5ccccc5)cc4)O3)cc2[N+](=O)[O-])C[C@@H]1O. The summed E-state index contributed by atoms with van der Waals surface area (Å²) in [7, 11) is 0. The van der Waals surface area contributed by atoms with Crippen molar-refractivity contribution in [1.82, 2.24) is 26.6 Å². The molecule has 27 nitrogen and oxygen atoms in total. The Hall–Kier alpha value is -8.04. The van der Waals surface area contributed by atoms with Gasteiger partial charge in [0.25, 0.3) is 29.2 Å². The number of benzene rings is 5. The van der Waals surface area contributed by atoms with Crippen LogP contribution in [0.4, 0.5) is 5.69 Å². The number of carboxylic acid groups (broad SMARTS) is 1. The van der Waals surface area contributed by atoms with Gasteiger partial charge in [0.2, 0.25) is 17.6 Å². The van der Waals surface area contributed by atoms with E-state index in [9.17, 15) is 84.2 Å². The zero-order chi connectivity index (χ0) is 69.5. The number of hydrogen-bond donors (Lipinski definition) is 12. The van der Waals surface area contributed by atoms with Crippen molar-refractivity contribution in [2.75, 3.05) is 55.9 Å². The maximum absolute atomic E-state index is 13.2. The molecule has 96 heavy (non-hydrogen) atoms. The summed E-state index contributed by atoms with van der Waals surface area (Å²) in [6.45, 7) is 1.07. The van der Waals surface area contributed by atoms with Crippen molar-refractivity contribution >= 4 is 76.8 Å². The number of carboxylic acids is 1. The number of carbonyl (C=O) groups is 8. The number of ether oxygens (including phenoxy) is 4. The largest absolute Gasteiger partial charge is 0.477 e. The third-order valence-electron chi connectivity index (χ3n) is 15.9. The van der Waals surface area contributed by atoms with E-state index in [1.807, 2.05) is 60.7 Å². The number of nitro groups is 1. The predicted molar refractivity (Wildman–Crippen MR) is 353 cm³/mol. The number of hydrogen-bond acceptors (Lipinski definition) is 22. The molecule has 0 unspecified atom stereocenters. The highest BCUT2D eigenvalue weighted by Gasteiger charge is 2.56. The average molecular weight is 1370 g/mol. The highest BCUT2D eigenvalue weighted by molar-refractivity contribution is 7.99. The number of carbonyl (C=O) groups excluding carboxylic acids is 7. The van der Waals surface area contributed by atoms with E-state index in [0.29, 0.717) is 42.1 Å². The number of thioether (sulfide) groups is 2. The summed E-state index contributed by atoms with van der Waals surface area (Å²) >= 11 is 2.76. The van der Waals surface area contributed by atoms with Gasteiger partial charge in [-0.05, 0) is 89.1 Å². The number of ketones is 1. The fraction of sp³-hybridized carbons (Fsp3) is 0.433. The number of aliphatic hydroxyl groups is 6. The van der Waals surface area contributed by atoms with Gasteiger partial charge in [-0.2, -0.15) is 23.5 Å². The van der Waals surface area contributed by atoms with Crippen LogP contribution in [0.3, 0.4) is 0 Å². The van der Waals surface area contributed by atoms with Gasteiger partial charge in [0.05, 0.1) is 54.6 Å². The molecule has 5 aromatic rings. The van der Waals surface area contributed by atoms with Crippen LogP contribution in [-0.4, -0.2) is 217 Å². The van der Waals surface area contributed by atoms with Crippen LogP contribution in [0.15, 0.2) is 127 Å². The standard InChI is InChI=1S/C67H80N6O21S2/c1-40(75)71-56-52(78)35-66(39-74,93-60(56)58(82)54(80)37-69-62(84)46-21-17-44(18-22-46)42-12-5-3-6-13-42)91-28-10-32-96-33-27-68-64(86)49-26-25-48(34-50(49)73(89)90)51(77)16-9-30-95-31-11-29-92-67(65(87)88)36-53(79)57(72-41(2)76)61(94-67)59(83)55(81)38-70-63(85)47-23-19-45(20-24-47)43-14-7-4-8-15-43/h3-8,12-15,17-26,34,39,52-61,78-83H,9-11,16,27-33,35-38H2,1-2H3,(H,68,86)(H,69,84)(H,70,85)(H,71,75)(H,72,76)(H,87,88)/t52-,53-,54+,55+,56+,57+,58+,59+,60+,61+,66+,67+/m0/s1. The monoisotopic (exact) mass is 1370 g/mol. The number of nitrogens with zero attached hydrogens (tertiary/aromatic N) is 1. The molecule has 2 aliphatic rings. The van der Waals surface area contributed by atoms with Gasteiger partial charge in [-0.15, -0.1) is 0 Å². The fourth-order valence-corrected chi connectivity index (χ4v) is 12.5. The van der Waals surface area contributed by atoms with Gasteiger partial charge < -0.3 is 81.3 Å². The van der Waals surface area contributed by atoms with Crippen LogP contribution in [-0.2, 0) is 38.1 Å². The number of amides is 5. The molecule has 0 aromatic heterocycles. The van der Waals surface area contributed by atoms with Crippen LogP contribution in [0.5, 0.6) is 0 Å². The van der Waals surface area contributed by atoms with Crippen LogP contribution >= 0.6 is 23.5 Å². The molecule has 29 heteroatoms. The lowest BCUT2D eigenvalue weighted by Gasteiger charge is -2.46. The maximum Gasteiger partial charge on any atom is 0.364 e. The maximum atomic E-state index is 13.2. The van der Waals surface area contributed by atoms with Gasteiger partial charge >= 0.3 is 5.97 Å². The van der Waals surface area contributed by atoms with E-state index in [2.05, 4.69) is 26.6 Å². The Balaban J connectivity index is 0.797. The van der Waals surface area contributed by atoms with Gasteiger partial charge in [0.1, 0.15) is 30.0 Å². The molecule has 12 atom stereocenters. The van der Waals surface area contributed by atoms with E-state index in [-0.39, 0.29) is 54.9 Å². The van der Waals surface area contributed by atoms with Gasteiger partial charge in [-0.25, -0.2) is 4.79 Å². The number of aliphatic carboxylic acids is 1. The van der Waals surface area contributed by atoms with E-state index in [0.717, 1.165) is 35.2 Å². The van der Waals surface area contributed by atoms with E-state index < -0.39 is 150 Å². The molecule has 2 saturated heterocycles. The van der Waals surface area contributed by atoms with Crippen molar-refractivity contribution in [2.45, 2.75) is 125 Å². The van der Waals surface area contributed by atoms with Gasteiger partial charge in [0, 0.05) is 81.3 Å². The zero-order valence-corrected chi connectivity index (χ0v) is 54.3. The summed E-state index contributed by atoms with van der Waals surface area (Å²) in [5, 5.41) is 102. The number of nitrogens with one attached hydrogen (secondary N) is 5. The fourth-order valence-electron chi connectivity index (χ4n) is 10.9. The Morgan fingerprint density at radius 1 is 0.604 bits per heavy atom. The van der Waals surface area contributed by atoms with Crippen LogP contribution in [0.25, 0.3) is 22.3 Å². The third kappa shape index (κ3) is 21.0. The highest BCUT2D eigenvalue weighted by atomic mass is 32.2. The topological polar surface area (TPSA) is 418 Å². The van der Waals surface area contributed by atoms with Crippen LogP contribution < -0.4 is 26.6 Å². The second kappa shape index (κ2) is 36.3. The molecular weight excluding hydrogens is 1290 g/mol. The third-order valence-corrected chi connectivity index (χ3v) is 18.1. The number of nitro benzene ring substituents is 1. The molecule has 516 valence electrons. The Morgan fingerprint density at radius 3 is 1.55 bits per heavy atom. The second-order valence-electron chi connectivity index (χ2n) is 23.0. The summed E-state index contributed by atoms with van der Waals surface area (Å²) in [5.41, 5.74) is 3.31.